The number of nitrogens with one attached hydrogen (secondary N) is 2. The highest BCUT2D eigenvalue weighted by molar-refractivity contribution is 5.85. The van der Waals surface area contributed by atoms with Crippen LogP contribution in [0.4, 0.5) is 0 Å². The van der Waals surface area contributed by atoms with Gasteiger partial charge in [-0.1, -0.05) is 24.3 Å². The number of amides is 1. The Morgan fingerprint density at radius 1 is 1.22 bits per heavy atom. The molecular weight excluding hydrogens is 312 g/mol. The Bertz CT molecular complexity index is 772. The third-order valence-corrected chi connectivity index (χ3v) is 3.68. The molecule has 1 amide bonds. The monoisotopic (exact) mass is 330 g/mol. The molecule has 1 aromatic carbocycles. The van der Waals surface area contributed by atoms with Crippen molar-refractivity contribution in [3.63, 3.8) is 0 Å². The number of carbonyl (C=O) groups is 1. The van der Waals surface area contributed by atoms with Gasteiger partial charge in [0.15, 0.2) is 6.04 Å². The minimum atomic E-state index is -0.331. The van der Waals surface area contributed by atoms with Crippen LogP contribution in [0.2, 0.25) is 0 Å². The Labute approximate surface area is 140 Å². The highest BCUT2D eigenvalue weighted by Gasteiger charge is 2.19. The average molecular weight is 331 g/mol. The van der Waals surface area contributed by atoms with Crippen LogP contribution >= 0.6 is 0 Å². The molecule has 0 unspecified atom stereocenters. The SMILES string of the molecule is [Cl-].[NH3+][C@@H](Cc1c[nH]c2ccccc12)C(=O)NCc1ccccn1. The summed E-state index contributed by atoms with van der Waals surface area (Å²) >= 11 is 0. The summed E-state index contributed by atoms with van der Waals surface area (Å²) in [6, 6.07) is 13.4. The van der Waals surface area contributed by atoms with Gasteiger partial charge in [0, 0.05) is 29.7 Å². The van der Waals surface area contributed by atoms with Gasteiger partial charge in [-0.15, -0.1) is 0 Å². The number of aromatic nitrogens is 2. The Morgan fingerprint density at radius 2 is 2.00 bits per heavy atom. The van der Waals surface area contributed by atoms with Crippen LogP contribution in [0.15, 0.2) is 54.9 Å². The first kappa shape index (κ1) is 17.0. The minimum Gasteiger partial charge on any atom is -1.00 e. The number of para-hydroxylation sites is 1. The molecule has 0 aliphatic rings. The lowest BCUT2D eigenvalue weighted by atomic mass is 10.1. The summed E-state index contributed by atoms with van der Waals surface area (Å²) in [5, 5.41) is 4.03. The highest BCUT2D eigenvalue weighted by Crippen LogP contribution is 2.18. The van der Waals surface area contributed by atoms with Crippen LogP contribution in [0.25, 0.3) is 10.9 Å². The molecule has 3 aromatic rings. The van der Waals surface area contributed by atoms with E-state index in [9.17, 15) is 4.79 Å². The van der Waals surface area contributed by atoms with Crippen LogP contribution in [0.5, 0.6) is 0 Å². The van der Waals surface area contributed by atoms with Crippen LogP contribution in [-0.4, -0.2) is 21.9 Å². The fourth-order valence-corrected chi connectivity index (χ4v) is 2.48. The van der Waals surface area contributed by atoms with Crippen LogP contribution < -0.4 is 23.5 Å². The number of H-pyrrole nitrogens is 1. The van der Waals surface area contributed by atoms with Crippen molar-refractivity contribution in [2.75, 3.05) is 0 Å². The number of benzene rings is 1. The molecule has 3 rings (SSSR count). The summed E-state index contributed by atoms with van der Waals surface area (Å²) < 4.78 is 0. The van der Waals surface area contributed by atoms with E-state index in [1.165, 1.54) is 0 Å². The minimum absolute atomic E-state index is 0. The number of hydrogen-bond donors (Lipinski definition) is 3. The number of fused-ring (bicyclic) bond motifs is 1. The highest BCUT2D eigenvalue weighted by atomic mass is 35.5. The number of carbonyl (C=O) groups excluding carboxylic acids is 1. The predicted octanol–water partition coefficient (Wildman–Crippen LogP) is -1.96. The maximum atomic E-state index is 12.2. The van der Waals surface area contributed by atoms with E-state index in [2.05, 4.69) is 27.1 Å². The van der Waals surface area contributed by atoms with E-state index >= 15 is 0 Å². The summed E-state index contributed by atoms with van der Waals surface area (Å²) in [6.07, 6.45) is 4.28. The van der Waals surface area contributed by atoms with E-state index in [0.717, 1.165) is 22.2 Å². The molecule has 0 bridgehead atoms. The zero-order valence-electron chi connectivity index (χ0n) is 12.6. The van der Waals surface area contributed by atoms with Crippen LogP contribution in [0, 0.1) is 0 Å². The zero-order valence-corrected chi connectivity index (χ0v) is 13.4. The quantitative estimate of drug-likeness (QED) is 0.507. The van der Waals surface area contributed by atoms with Crippen molar-refractivity contribution >= 4 is 16.8 Å². The number of rotatable bonds is 5. The number of aromatic amines is 1. The molecular formula is C17H19ClN4O. The molecule has 0 aliphatic heterocycles. The predicted molar refractivity (Wildman–Crippen MR) is 84.8 cm³/mol. The van der Waals surface area contributed by atoms with Crippen molar-refractivity contribution in [2.45, 2.75) is 19.0 Å². The topological polar surface area (TPSA) is 85.4 Å². The second-order valence-corrected chi connectivity index (χ2v) is 5.30. The van der Waals surface area contributed by atoms with Crippen molar-refractivity contribution in [2.24, 2.45) is 0 Å². The van der Waals surface area contributed by atoms with E-state index in [1.807, 2.05) is 42.6 Å². The molecule has 2 aromatic heterocycles. The molecule has 5 N–H and O–H groups in total. The van der Waals surface area contributed by atoms with Gasteiger partial charge in [-0.25, -0.2) is 0 Å². The molecule has 5 nitrogen and oxygen atoms in total. The summed E-state index contributed by atoms with van der Waals surface area (Å²) in [5.41, 5.74) is 7.02. The van der Waals surface area contributed by atoms with Crippen LogP contribution in [0.3, 0.4) is 0 Å². The maximum Gasteiger partial charge on any atom is 0.278 e. The van der Waals surface area contributed by atoms with E-state index in [1.54, 1.807) is 6.20 Å². The van der Waals surface area contributed by atoms with Crippen molar-refractivity contribution in [1.82, 2.24) is 15.3 Å². The number of nitrogens with zero attached hydrogens (tertiary/aromatic N) is 1. The largest absolute Gasteiger partial charge is 1.00 e. The summed E-state index contributed by atoms with van der Waals surface area (Å²) in [4.78, 5) is 19.6. The molecule has 0 saturated carbocycles. The molecule has 0 spiro atoms. The first-order chi connectivity index (χ1) is 10.7. The van der Waals surface area contributed by atoms with Gasteiger partial charge >= 0.3 is 0 Å². The van der Waals surface area contributed by atoms with Crippen molar-refractivity contribution in [1.29, 1.82) is 0 Å². The summed E-state index contributed by atoms with van der Waals surface area (Å²) in [5.74, 6) is -0.0593. The zero-order chi connectivity index (χ0) is 15.4. The van der Waals surface area contributed by atoms with Gasteiger partial charge in [-0.05, 0) is 23.8 Å². The molecule has 6 heteroatoms. The van der Waals surface area contributed by atoms with Crippen molar-refractivity contribution < 1.29 is 22.9 Å². The fourth-order valence-electron chi connectivity index (χ4n) is 2.48. The standard InChI is InChI=1S/C17H18N4O.ClH/c18-15(17(22)21-11-13-5-3-4-8-19-13)9-12-10-20-16-7-2-1-6-14(12)16;/h1-8,10,15,20H,9,11,18H2,(H,21,22);1H/t15-;/m0./s1. The lowest BCUT2D eigenvalue weighted by Crippen LogP contribution is -3.00. The van der Waals surface area contributed by atoms with E-state index < -0.39 is 0 Å². The van der Waals surface area contributed by atoms with Crippen LogP contribution in [-0.2, 0) is 17.8 Å². The Morgan fingerprint density at radius 3 is 2.78 bits per heavy atom. The lowest BCUT2D eigenvalue weighted by molar-refractivity contribution is -0.403. The fraction of sp³-hybridized carbons (Fsp3) is 0.176. The molecule has 1 atom stereocenters. The smallest absolute Gasteiger partial charge is 0.278 e. The molecule has 2 heterocycles. The number of halogens is 1. The second kappa shape index (κ2) is 7.76. The van der Waals surface area contributed by atoms with Crippen molar-refractivity contribution in [3.05, 3.63) is 66.1 Å². The summed E-state index contributed by atoms with van der Waals surface area (Å²) in [7, 11) is 0. The van der Waals surface area contributed by atoms with Gasteiger partial charge in [-0.2, -0.15) is 0 Å². The second-order valence-electron chi connectivity index (χ2n) is 5.30. The lowest BCUT2D eigenvalue weighted by Gasteiger charge is -2.09. The van der Waals surface area contributed by atoms with Crippen molar-refractivity contribution in [3.8, 4) is 0 Å². The molecule has 23 heavy (non-hydrogen) atoms. The third kappa shape index (κ3) is 4.09. The first-order valence-corrected chi connectivity index (χ1v) is 7.30. The van der Waals surface area contributed by atoms with Gasteiger partial charge in [0.1, 0.15) is 0 Å². The van der Waals surface area contributed by atoms with Gasteiger partial charge in [-0.3, -0.25) is 9.78 Å². The molecule has 0 saturated heterocycles. The van der Waals surface area contributed by atoms with Crippen LogP contribution in [0.1, 0.15) is 11.3 Å². The van der Waals surface area contributed by atoms with E-state index in [4.69, 9.17) is 0 Å². The van der Waals surface area contributed by atoms with E-state index in [0.29, 0.717) is 13.0 Å². The maximum absolute atomic E-state index is 12.2. The van der Waals surface area contributed by atoms with E-state index in [-0.39, 0.29) is 24.4 Å². The summed E-state index contributed by atoms with van der Waals surface area (Å²) in [6.45, 7) is 0.430. The normalized spacial score (nSPS) is 11.7. The molecule has 0 fully saturated rings. The average Bonchev–Trinajstić information content (AvgIpc) is 2.97. The number of pyridine rings is 1. The Hall–Kier alpha value is -2.37. The molecule has 120 valence electrons. The Kier molecular flexibility index (Phi) is 5.73. The van der Waals surface area contributed by atoms with Gasteiger partial charge in [0.25, 0.3) is 5.91 Å². The Balaban J connectivity index is 0.00000192. The van der Waals surface area contributed by atoms with Gasteiger partial charge in [0.05, 0.1) is 12.2 Å². The van der Waals surface area contributed by atoms with Gasteiger partial charge in [0.2, 0.25) is 0 Å². The number of quaternary nitrogens is 1. The first-order valence-electron chi connectivity index (χ1n) is 7.30. The number of hydrogen-bond acceptors (Lipinski definition) is 2. The third-order valence-electron chi connectivity index (χ3n) is 3.68. The molecule has 0 radical (unpaired) electrons. The molecule has 0 aliphatic carbocycles. The van der Waals surface area contributed by atoms with Gasteiger partial charge < -0.3 is 28.4 Å².